The molecule has 80 heavy (non-hydrogen) atoms. The molecule has 17 rings (SSSR count). The Hall–Kier alpha value is -10.6. The Morgan fingerprint density at radius 3 is 1.29 bits per heavy atom. The smallest absolute Gasteiger partial charge is 0.163 e. The standard InChI is InChI=1S/C70H36F4N2O4/c71-43-28-44(72)31-50(30-43)75(48-18-22-62-59(34-48)56-20-15-38-8-4-6-12-53(38)68(56)77-62)47-16-13-41-27-64-58(25-42(41)23-47)61-36-60-57-24-39-9-1-2-10-40(39)26-63(57)79-69(60)66(70(61)80-64)76(51-32-45(73)29-46(74)33-51)49-17-21-54-55-19-14-37-7-3-5-11-52(37)67(55)78-65(54)35-49/h1-36H. The van der Waals surface area contributed by atoms with E-state index in [2.05, 4.69) is 36.4 Å². The zero-order valence-electron chi connectivity index (χ0n) is 41.8. The van der Waals surface area contributed by atoms with Crippen molar-refractivity contribution in [3.8, 4) is 0 Å². The van der Waals surface area contributed by atoms with Crippen LogP contribution in [-0.4, -0.2) is 0 Å². The number of rotatable bonds is 6. The Kier molecular flexibility index (Phi) is 9.17. The van der Waals surface area contributed by atoms with Gasteiger partial charge in [-0.2, -0.15) is 0 Å². The van der Waals surface area contributed by atoms with Gasteiger partial charge in [-0.3, -0.25) is 0 Å². The molecule has 4 aromatic heterocycles. The monoisotopic (exact) mass is 1040 g/mol. The zero-order chi connectivity index (χ0) is 53.1. The van der Waals surface area contributed by atoms with Gasteiger partial charge in [0.05, 0.1) is 17.1 Å². The van der Waals surface area contributed by atoms with Crippen LogP contribution >= 0.6 is 0 Å². The van der Waals surface area contributed by atoms with Crippen molar-refractivity contribution >= 4 is 165 Å². The maximum absolute atomic E-state index is 15.8. The summed E-state index contributed by atoms with van der Waals surface area (Å²) in [4.78, 5) is 3.62. The van der Waals surface area contributed by atoms with Crippen molar-refractivity contribution in [3.05, 3.63) is 242 Å². The molecule has 13 aromatic carbocycles. The summed E-state index contributed by atoms with van der Waals surface area (Å²) in [6.45, 7) is 0. The third kappa shape index (κ3) is 6.65. The molecule has 0 spiro atoms. The van der Waals surface area contributed by atoms with Crippen LogP contribution in [-0.2, 0) is 0 Å². The molecule has 378 valence electrons. The number of hydrogen-bond donors (Lipinski definition) is 0. The summed E-state index contributed by atoms with van der Waals surface area (Å²) in [5.41, 5.74) is 7.42. The van der Waals surface area contributed by atoms with Gasteiger partial charge < -0.3 is 27.5 Å². The van der Waals surface area contributed by atoms with Crippen LogP contribution in [0.1, 0.15) is 0 Å². The topological polar surface area (TPSA) is 59.0 Å². The lowest BCUT2D eigenvalue weighted by Crippen LogP contribution is -2.11. The van der Waals surface area contributed by atoms with Gasteiger partial charge in [-0.1, -0.05) is 91.0 Å². The first-order valence-electron chi connectivity index (χ1n) is 26.1. The fourth-order valence-electron chi connectivity index (χ4n) is 12.3. The summed E-state index contributed by atoms with van der Waals surface area (Å²) in [5, 5.41) is 14.2. The lowest BCUT2D eigenvalue weighted by Gasteiger charge is -2.26. The summed E-state index contributed by atoms with van der Waals surface area (Å²) in [5.74, 6) is -2.98. The molecule has 0 aliphatic heterocycles. The fourth-order valence-corrected chi connectivity index (χ4v) is 12.3. The van der Waals surface area contributed by atoms with Gasteiger partial charge >= 0.3 is 0 Å². The van der Waals surface area contributed by atoms with E-state index in [0.29, 0.717) is 61.6 Å². The van der Waals surface area contributed by atoms with Crippen LogP contribution in [0.15, 0.2) is 236 Å². The maximum Gasteiger partial charge on any atom is 0.163 e. The number of halogens is 4. The molecule has 0 fully saturated rings. The molecule has 0 bridgehead atoms. The molecule has 0 radical (unpaired) electrons. The summed E-state index contributed by atoms with van der Waals surface area (Å²) in [7, 11) is 0. The van der Waals surface area contributed by atoms with E-state index >= 15 is 17.6 Å². The lowest BCUT2D eigenvalue weighted by molar-refractivity contribution is 0.583. The highest BCUT2D eigenvalue weighted by molar-refractivity contribution is 6.25. The Bertz CT molecular complexity index is 5500. The van der Waals surface area contributed by atoms with Crippen molar-refractivity contribution in [1.82, 2.24) is 0 Å². The van der Waals surface area contributed by atoms with Gasteiger partial charge in [0.2, 0.25) is 0 Å². The average molecular weight is 1050 g/mol. The highest BCUT2D eigenvalue weighted by atomic mass is 19.1. The molecule has 0 saturated carbocycles. The van der Waals surface area contributed by atoms with E-state index in [-0.39, 0.29) is 11.4 Å². The minimum absolute atomic E-state index is 0.182. The minimum Gasteiger partial charge on any atom is -0.455 e. The predicted molar refractivity (Wildman–Crippen MR) is 315 cm³/mol. The molecular formula is C70H36F4N2O4. The summed E-state index contributed by atoms with van der Waals surface area (Å²) in [6.07, 6.45) is 0. The van der Waals surface area contributed by atoms with Crippen molar-refractivity contribution in [1.29, 1.82) is 0 Å². The second-order valence-electron chi connectivity index (χ2n) is 20.6. The van der Waals surface area contributed by atoms with Gasteiger partial charge in [0.1, 0.15) is 62.5 Å². The van der Waals surface area contributed by atoms with Crippen LogP contribution in [0.2, 0.25) is 0 Å². The molecule has 0 atom stereocenters. The van der Waals surface area contributed by atoms with E-state index in [0.717, 1.165) is 104 Å². The third-order valence-corrected chi connectivity index (χ3v) is 15.9. The van der Waals surface area contributed by atoms with E-state index in [4.69, 9.17) is 17.7 Å². The Labute approximate surface area is 449 Å². The first-order chi connectivity index (χ1) is 39.2. The predicted octanol–water partition coefficient (Wildman–Crippen LogP) is 21.4. The molecular weight excluding hydrogens is 1010 g/mol. The largest absolute Gasteiger partial charge is 0.455 e. The van der Waals surface area contributed by atoms with Crippen LogP contribution in [0.4, 0.5) is 51.7 Å². The number of fused-ring (bicyclic) bond motifs is 18. The number of anilines is 6. The fraction of sp³-hybridized carbons (Fsp3) is 0. The van der Waals surface area contributed by atoms with E-state index in [1.165, 1.54) is 24.3 Å². The van der Waals surface area contributed by atoms with E-state index in [1.807, 2.05) is 150 Å². The van der Waals surface area contributed by atoms with Gasteiger partial charge in [0, 0.05) is 83.4 Å². The first-order valence-corrected chi connectivity index (χ1v) is 26.1. The van der Waals surface area contributed by atoms with Crippen molar-refractivity contribution in [2.45, 2.75) is 0 Å². The van der Waals surface area contributed by atoms with Crippen molar-refractivity contribution in [3.63, 3.8) is 0 Å². The Morgan fingerprint density at radius 2 is 0.650 bits per heavy atom. The highest BCUT2D eigenvalue weighted by Gasteiger charge is 2.29. The van der Waals surface area contributed by atoms with Gasteiger partial charge in [0.25, 0.3) is 0 Å². The van der Waals surface area contributed by atoms with Crippen LogP contribution < -0.4 is 9.80 Å². The van der Waals surface area contributed by atoms with Crippen molar-refractivity contribution in [2.24, 2.45) is 0 Å². The number of benzene rings is 13. The molecule has 0 unspecified atom stereocenters. The summed E-state index contributed by atoms with van der Waals surface area (Å²) < 4.78 is 89.5. The second-order valence-corrected chi connectivity index (χ2v) is 20.6. The lowest BCUT2D eigenvalue weighted by atomic mass is 10.0. The summed E-state index contributed by atoms with van der Waals surface area (Å²) >= 11 is 0. The summed E-state index contributed by atoms with van der Waals surface area (Å²) in [6, 6.07) is 66.9. The van der Waals surface area contributed by atoms with Crippen LogP contribution in [0, 0.1) is 23.3 Å². The molecule has 0 aliphatic carbocycles. The molecule has 4 heterocycles. The van der Waals surface area contributed by atoms with Gasteiger partial charge in [-0.05, 0) is 142 Å². The molecule has 10 heteroatoms. The molecule has 0 aliphatic rings. The number of furan rings is 4. The first kappa shape index (κ1) is 44.5. The molecule has 0 saturated heterocycles. The minimum atomic E-state index is -0.770. The zero-order valence-corrected chi connectivity index (χ0v) is 41.8. The van der Waals surface area contributed by atoms with E-state index in [1.54, 1.807) is 4.90 Å². The van der Waals surface area contributed by atoms with Crippen LogP contribution in [0.25, 0.3) is 131 Å². The third-order valence-electron chi connectivity index (χ3n) is 15.9. The molecule has 17 aromatic rings. The number of nitrogens with zero attached hydrogens (tertiary/aromatic N) is 2. The van der Waals surface area contributed by atoms with E-state index < -0.39 is 23.3 Å². The highest BCUT2D eigenvalue weighted by Crippen LogP contribution is 2.51. The van der Waals surface area contributed by atoms with Gasteiger partial charge in [0.15, 0.2) is 11.2 Å². The molecule has 6 nitrogen and oxygen atoms in total. The maximum atomic E-state index is 15.8. The average Bonchev–Trinajstić information content (AvgIpc) is 4.33. The van der Waals surface area contributed by atoms with Crippen molar-refractivity contribution in [2.75, 3.05) is 9.80 Å². The van der Waals surface area contributed by atoms with Gasteiger partial charge in [-0.25, -0.2) is 17.6 Å². The van der Waals surface area contributed by atoms with E-state index in [9.17, 15) is 0 Å². The normalized spacial score (nSPS) is 12.2. The SMILES string of the molecule is Fc1cc(F)cc(N(c2ccc3cc4oc5c(N(c6cc(F)cc(F)c6)c6ccc7c(c6)oc6c8ccccc8ccc76)c6oc7cc8ccccc8cc7c6cc5c4cc3c2)c2ccc3oc4c5ccccc5ccc4c3c2)c1. The van der Waals surface area contributed by atoms with Gasteiger partial charge in [-0.15, -0.1) is 0 Å². The van der Waals surface area contributed by atoms with Crippen LogP contribution in [0.3, 0.4) is 0 Å². The Balaban J connectivity index is 0.913. The molecule has 0 amide bonds. The molecule has 0 N–H and O–H groups in total. The second kappa shape index (κ2) is 16.5. The van der Waals surface area contributed by atoms with Crippen molar-refractivity contribution < 1.29 is 35.2 Å². The van der Waals surface area contributed by atoms with Crippen LogP contribution in [0.5, 0.6) is 0 Å². The Morgan fingerprint density at radius 1 is 0.225 bits per heavy atom. The number of hydrogen-bond acceptors (Lipinski definition) is 6. The quantitative estimate of drug-likeness (QED) is 0.155.